The van der Waals surface area contributed by atoms with Gasteiger partial charge in [-0.15, -0.1) is 0 Å². The highest BCUT2D eigenvalue weighted by Crippen LogP contribution is 2.20. The van der Waals surface area contributed by atoms with Gasteiger partial charge < -0.3 is 5.32 Å². The summed E-state index contributed by atoms with van der Waals surface area (Å²) in [7, 11) is -3.84. The van der Waals surface area contributed by atoms with Gasteiger partial charge in [0.05, 0.1) is 18.5 Å². The van der Waals surface area contributed by atoms with Gasteiger partial charge in [0.15, 0.2) is 23.3 Å². The molecule has 0 aromatic heterocycles. The smallest absolute Gasteiger partial charge is 0.251 e. The summed E-state index contributed by atoms with van der Waals surface area (Å²) in [6.07, 6.45) is 0.867. The Hall–Kier alpha value is -2.62. The fourth-order valence-corrected chi connectivity index (χ4v) is 3.06. The van der Waals surface area contributed by atoms with Gasteiger partial charge in [0.25, 0.3) is 5.91 Å². The molecule has 0 heterocycles. The summed E-state index contributed by atoms with van der Waals surface area (Å²) in [5.41, 5.74) is -0.267. The number of benzene rings is 2. The number of carbonyl (C=O) groups excluding carboxylic acids is 1. The molecule has 0 atom stereocenters. The van der Waals surface area contributed by atoms with Gasteiger partial charge in [-0.2, -0.15) is 0 Å². The van der Waals surface area contributed by atoms with Gasteiger partial charge in [-0.3, -0.25) is 9.10 Å². The van der Waals surface area contributed by atoms with Crippen molar-refractivity contribution >= 4 is 21.6 Å². The van der Waals surface area contributed by atoms with E-state index in [4.69, 9.17) is 0 Å². The minimum absolute atomic E-state index is 0.117. The normalized spacial score (nSPS) is 11.3. The number of sulfonamides is 1. The number of hydrogen-bond acceptors (Lipinski definition) is 3. The van der Waals surface area contributed by atoms with Crippen molar-refractivity contribution in [3.63, 3.8) is 0 Å². The van der Waals surface area contributed by atoms with Crippen molar-refractivity contribution in [3.05, 3.63) is 65.2 Å². The van der Waals surface area contributed by atoms with E-state index in [-0.39, 0.29) is 24.3 Å². The van der Waals surface area contributed by atoms with Crippen LogP contribution in [0.2, 0.25) is 0 Å². The lowest BCUT2D eigenvalue weighted by molar-refractivity contribution is 0.0954. The molecule has 0 aliphatic carbocycles. The van der Waals surface area contributed by atoms with Crippen LogP contribution < -0.4 is 9.62 Å². The molecule has 0 radical (unpaired) electrons. The van der Waals surface area contributed by atoms with Gasteiger partial charge in [-0.25, -0.2) is 26.0 Å². The number of rotatable bonds is 6. The maximum absolute atomic E-state index is 13.3. The first-order chi connectivity index (χ1) is 12.1. The summed E-state index contributed by atoms with van der Waals surface area (Å²) in [4.78, 5) is 11.9. The molecule has 0 bridgehead atoms. The van der Waals surface area contributed by atoms with E-state index in [9.17, 15) is 30.8 Å². The minimum Gasteiger partial charge on any atom is -0.350 e. The lowest BCUT2D eigenvalue weighted by Crippen LogP contribution is -2.38. The average molecular weight is 390 g/mol. The van der Waals surface area contributed by atoms with Gasteiger partial charge in [0.2, 0.25) is 10.0 Å². The Morgan fingerprint density at radius 3 is 2.08 bits per heavy atom. The van der Waals surface area contributed by atoms with Gasteiger partial charge in [-0.05, 0) is 30.3 Å². The van der Waals surface area contributed by atoms with Crippen LogP contribution >= 0.6 is 0 Å². The van der Waals surface area contributed by atoms with Crippen LogP contribution in [0.25, 0.3) is 0 Å². The second-order valence-electron chi connectivity index (χ2n) is 5.32. The number of carbonyl (C=O) groups is 1. The summed E-state index contributed by atoms with van der Waals surface area (Å²) in [5, 5.41) is 2.34. The molecule has 2 rings (SSSR count). The third kappa shape index (κ3) is 4.72. The molecular weight excluding hydrogens is 376 g/mol. The number of amides is 1. The van der Waals surface area contributed by atoms with Gasteiger partial charge >= 0.3 is 0 Å². The van der Waals surface area contributed by atoms with E-state index in [1.165, 1.54) is 0 Å². The quantitative estimate of drug-likeness (QED) is 0.771. The third-order valence-electron chi connectivity index (χ3n) is 3.37. The maximum Gasteiger partial charge on any atom is 0.251 e. The summed E-state index contributed by atoms with van der Waals surface area (Å²) < 4.78 is 76.8. The SMILES string of the molecule is CS(=O)(=O)N(CCNC(=O)c1ccc(F)c(F)c1)c1ccc(F)c(F)c1. The van der Waals surface area contributed by atoms with Gasteiger partial charge in [-0.1, -0.05) is 0 Å². The molecule has 0 spiro atoms. The Kier molecular flexibility index (Phi) is 5.86. The molecule has 0 saturated heterocycles. The average Bonchev–Trinajstić information content (AvgIpc) is 2.55. The molecule has 1 amide bonds. The zero-order valence-electron chi connectivity index (χ0n) is 13.5. The topological polar surface area (TPSA) is 66.5 Å². The Balaban J connectivity index is 2.09. The lowest BCUT2D eigenvalue weighted by Gasteiger charge is -2.22. The van der Waals surface area contributed by atoms with Crippen molar-refractivity contribution in [1.29, 1.82) is 0 Å². The highest BCUT2D eigenvalue weighted by atomic mass is 32.2. The largest absolute Gasteiger partial charge is 0.350 e. The van der Waals surface area contributed by atoms with Crippen LogP contribution in [-0.4, -0.2) is 33.7 Å². The van der Waals surface area contributed by atoms with Gasteiger partial charge in [0, 0.05) is 18.2 Å². The standard InChI is InChI=1S/C16H14F4N2O3S/c1-26(24,25)22(11-3-5-13(18)15(20)9-11)7-6-21-16(23)10-2-4-12(17)14(19)8-10/h2-5,8-9H,6-7H2,1H3,(H,21,23). The fraction of sp³-hybridized carbons (Fsp3) is 0.188. The second kappa shape index (κ2) is 7.73. The van der Waals surface area contributed by atoms with Crippen LogP contribution in [-0.2, 0) is 10.0 Å². The number of nitrogens with one attached hydrogen (secondary N) is 1. The van der Waals surface area contributed by atoms with Crippen LogP contribution in [0.15, 0.2) is 36.4 Å². The van der Waals surface area contributed by atoms with E-state index in [1.54, 1.807) is 0 Å². The monoisotopic (exact) mass is 390 g/mol. The van der Waals surface area contributed by atoms with Crippen LogP contribution in [0.5, 0.6) is 0 Å². The number of nitrogens with zero attached hydrogens (tertiary/aromatic N) is 1. The highest BCUT2D eigenvalue weighted by molar-refractivity contribution is 7.92. The second-order valence-corrected chi connectivity index (χ2v) is 7.23. The van der Waals surface area contributed by atoms with E-state index >= 15 is 0 Å². The molecule has 2 aromatic rings. The highest BCUT2D eigenvalue weighted by Gasteiger charge is 2.19. The Morgan fingerprint density at radius 1 is 0.962 bits per heavy atom. The maximum atomic E-state index is 13.3. The molecule has 10 heteroatoms. The molecule has 0 saturated carbocycles. The molecule has 1 N–H and O–H groups in total. The van der Waals surface area contributed by atoms with Crippen molar-refractivity contribution in [2.24, 2.45) is 0 Å². The summed E-state index contributed by atoms with van der Waals surface area (Å²) in [6.45, 7) is -0.483. The first kappa shape index (κ1) is 19.7. The predicted octanol–water partition coefficient (Wildman–Crippen LogP) is 2.44. The van der Waals surface area contributed by atoms with E-state index in [2.05, 4.69) is 5.32 Å². The molecule has 2 aromatic carbocycles. The predicted molar refractivity (Wildman–Crippen MR) is 87.2 cm³/mol. The molecule has 0 aliphatic heterocycles. The van der Waals surface area contributed by atoms with Crippen molar-refractivity contribution in [1.82, 2.24) is 5.32 Å². The zero-order chi connectivity index (χ0) is 19.5. The van der Waals surface area contributed by atoms with E-state index in [0.29, 0.717) is 12.1 Å². The van der Waals surface area contributed by atoms with Crippen molar-refractivity contribution in [2.75, 3.05) is 23.7 Å². The first-order valence-electron chi connectivity index (χ1n) is 7.25. The van der Waals surface area contributed by atoms with Crippen molar-refractivity contribution in [2.45, 2.75) is 0 Å². The first-order valence-corrected chi connectivity index (χ1v) is 9.10. The van der Waals surface area contributed by atoms with Crippen LogP contribution in [0.3, 0.4) is 0 Å². The third-order valence-corrected chi connectivity index (χ3v) is 4.57. The number of halogens is 4. The number of hydrogen-bond donors (Lipinski definition) is 1. The molecule has 5 nitrogen and oxygen atoms in total. The summed E-state index contributed by atoms with van der Waals surface area (Å²) in [5.74, 6) is -5.40. The van der Waals surface area contributed by atoms with Gasteiger partial charge in [0.1, 0.15) is 0 Å². The summed E-state index contributed by atoms with van der Waals surface area (Å²) >= 11 is 0. The molecule has 0 unspecified atom stereocenters. The van der Waals surface area contributed by atoms with Crippen LogP contribution in [0, 0.1) is 23.3 Å². The number of anilines is 1. The van der Waals surface area contributed by atoms with Crippen molar-refractivity contribution in [3.8, 4) is 0 Å². The molecule has 140 valence electrons. The van der Waals surface area contributed by atoms with Crippen LogP contribution in [0.1, 0.15) is 10.4 Å². The van der Waals surface area contributed by atoms with E-state index in [1.807, 2.05) is 0 Å². The Morgan fingerprint density at radius 2 is 1.54 bits per heavy atom. The Bertz CT molecular complexity index is 935. The van der Waals surface area contributed by atoms with E-state index in [0.717, 1.165) is 34.8 Å². The summed E-state index contributed by atoms with van der Waals surface area (Å²) in [6, 6.07) is 5.13. The lowest BCUT2D eigenvalue weighted by atomic mass is 10.2. The van der Waals surface area contributed by atoms with E-state index < -0.39 is 39.2 Å². The minimum atomic E-state index is -3.84. The fourth-order valence-electron chi connectivity index (χ4n) is 2.14. The van der Waals surface area contributed by atoms with Crippen LogP contribution in [0.4, 0.5) is 23.2 Å². The zero-order valence-corrected chi connectivity index (χ0v) is 14.3. The molecular formula is C16H14F4N2O3S. The van der Waals surface area contributed by atoms with Crippen molar-refractivity contribution < 1.29 is 30.8 Å². The molecule has 26 heavy (non-hydrogen) atoms. The Labute approximate surface area is 147 Å². The molecule has 0 aliphatic rings. The molecule has 0 fully saturated rings.